The summed E-state index contributed by atoms with van der Waals surface area (Å²) in [6.07, 6.45) is 4.18. The molecule has 3 fully saturated rings. The number of hydrogen-bond acceptors (Lipinski definition) is 5. The molecule has 5 rings (SSSR count). The monoisotopic (exact) mass is 356 g/mol. The maximum Gasteiger partial charge on any atom is 0.338 e. The van der Waals surface area contributed by atoms with Gasteiger partial charge in [-0.25, -0.2) is 4.79 Å². The van der Waals surface area contributed by atoms with Crippen molar-refractivity contribution < 1.29 is 14.6 Å². The van der Waals surface area contributed by atoms with Crippen LogP contribution in [0.1, 0.15) is 44.6 Å². The average Bonchev–Trinajstić information content (AvgIpc) is 3.23. The number of rotatable bonds is 2. The standard InChI is InChI=1S/C21H28N2O3/c1-3-19-9-8-16-20(14-6-4-5-7-15(14)22-16)10-12-23(17(19)20)13-11-21(19,25)18(24)26-2/h4-7,16-17,22,25H,3,8-13H2,1-2H3/t16-,17-,19-,20-,21?/m1/s1. The number of benzene rings is 1. The third-order valence-electron chi connectivity index (χ3n) is 8.19. The maximum atomic E-state index is 12.8. The van der Waals surface area contributed by atoms with Gasteiger partial charge in [-0.3, -0.25) is 4.90 Å². The molecule has 1 aliphatic carbocycles. The van der Waals surface area contributed by atoms with Gasteiger partial charge >= 0.3 is 5.97 Å². The average molecular weight is 356 g/mol. The van der Waals surface area contributed by atoms with E-state index in [0.29, 0.717) is 12.5 Å². The van der Waals surface area contributed by atoms with E-state index in [2.05, 4.69) is 41.4 Å². The molecule has 0 aromatic heterocycles. The normalized spacial score (nSPS) is 43.2. The predicted octanol–water partition coefficient (Wildman–Crippen LogP) is 2.29. The molecule has 1 saturated carbocycles. The van der Waals surface area contributed by atoms with Crippen LogP contribution >= 0.6 is 0 Å². The Hall–Kier alpha value is -1.59. The maximum absolute atomic E-state index is 12.8. The lowest BCUT2D eigenvalue weighted by atomic mass is 9.48. The van der Waals surface area contributed by atoms with Crippen LogP contribution in [0.25, 0.3) is 0 Å². The van der Waals surface area contributed by atoms with Crippen molar-refractivity contribution >= 4 is 11.7 Å². The second-order valence-electron chi connectivity index (χ2n) is 8.62. The first-order valence-corrected chi connectivity index (χ1v) is 9.94. The van der Waals surface area contributed by atoms with Crippen LogP contribution in [-0.2, 0) is 14.9 Å². The van der Waals surface area contributed by atoms with Crippen molar-refractivity contribution in [3.8, 4) is 0 Å². The van der Waals surface area contributed by atoms with Crippen LogP contribution in [0, 0.1) is 5.41 Å². The molecule has 0 radical (unpaired) electrons. The van der Waals surface area contributed by atoms with E-state index in [9.17, 15) is 9.90 Å². The first kappa shape index (κ1) is 16.6. The molecule has 4 aliphatic rings. The summed E-state index contributed by atoms with van der Waals surface area (Å²) in [7, 11) is 1.40. The van der Waals surface area contributed by atoms with Crippen LogP contribution in [0.5, 0.6) is 0 Å². The fourth-order valence-corrected chi connectivity index (χ4v) is 7.16. The summed E-state index contributed by atoms with van der Waals surface area (Å²) < 4.78 is 5.11. The number of carbonyl (C=O) groups is 1. The van der Waals surface area contributed by atoms with Crippen molar-refractivity contribution in [1.29, 1.82) is 0 Å². The van der Waals surface area contributed by atoms with E-state index in [-0.39, 0.29) is 11.5 Å². The summed E-state index contributed by atoms with van der Waals surface area (Å²) >= 11 is 0. The van der Waals surface area contributed by atoms with Crippen LogP contribution in [-0.4, -0.2) is 53.9 Å². The minimum atomic E-state index is -1.39. The SMILES string of the molecule is CC[C@]12CC[C@H]3Nc4ccccc4[C@]34CCN(CCC1(O)C(=O)OC)[C@@H]42. The Morgan fingerprint density at radius 3 is 2.85 bits per heavy atom. The van der Waals surface area contributed by atoms with Gasteiger partial charge in [-0.2, -0.15) is 0 Å². The van der Waals surface area contributed by atoms with Crippen molar-refractivity contribution in [2.24, 2.45) is 5.41 Å². The molecule has 140 valence electrons. The molecule has 5 heteroatoms. The summed E-state index contributed by atoms with van der Waals surface area (Å²) in [5, 5.41) is 15.5. The zero-order valence-corrected chi connectivity index (χ0v) is 15.6. The van der Waals surface area contributed by atoms with Gasteiger partial charge in [0.25, 0.3) is 0 Å². The molecule has 3 heterocycles. The van der Waals surface area contributed by atoms with Crippen LogP contribution in [0.4, 0.5) is 5.69 Å². The number of aliphatic hydroxyl groups is 1. The van der Waals surface area contributed by atoms with Crippen LogP contribution in [0.3, 0.4) is 0 Å². The fourth-order valence-electron chi connectivity index (χ4n) is 7.16. The Morgan fingerprint density at radius 2 is 2.08 bits per heavy atom. The molecule has 2 saturated heterocycles. The zero-order chi connectivity index (χ0) is 18.2. The Labute approximate surface area is 154 Å². The number of nitrogens with one attached hydrogen (secondary N) is 1. The molecule has 5 nitrogen and oxygen atoms in total. The second-order valence-corrected chi connectivity index (χ2v) is 8.62. The number of piperidine rings is 1. The van der Waals surface area contributed by atoms with Crippen molar-refractivity contribution in [1.82, 2.24) is 4.90 Å². The molecule has 1 aromatic carbocycles. The van der Waals surface area contributed by atoms with E-state index in [1.807, 2.05) is 0 Å². The van der Waals surface area contributed by atoms with E-state index in [0.717, 1.165) is 38.8 Å². The highest BCUT2D eigenvalue weighted by Crippen LogP contribution is 2.66. The van der Waals surface area contributed by atoms with E-state index in [1.165, 1.54) is 18.4 Å². The molecule has 1 spiro atoms. The smallest absolute Gasteiger partial charge is 0.338 e. The number of nitrogens with zero attached hydrogens (tertiary/aromatic N) is 1. The van der Waals surface area contributed by atoms with Gasteiger partial charge in [0.2, 0.25) is 0 Å². The van der Waals surface area contributed by atoms with Crippen LogP contribution in [0.2, 0.25) is 0 Å². The molecule has 1 aromatic rings. The first-order chi connectivity index (χ1) is 12.5. The quantitative estimate of drug-likeness (QED) is 0.796. The number of methoxy groups -OCH3 is 1. The molecule has 0 amide bonds. The number of carbonyl (C=O) groups excluding carboxylic acids is 1. The van der Waals surface area contributed by atoms with Gasteiger partial charge in [-0.1, -0.05) is 25.1 Å². The highest BCUT2D eigenvalue weighted by Gasteiger charge is 2.73. The van der Waals surface area contributed by atoms with Crippen molar-refractivity contribution in [2.45, 2.75) is 62.1 Å². The number of para-hydroxylation sites is 1. The van der Waals surface area contributed by atoms with Crippen LogP contribution in [0.15, 0.2) is 24.3 Å². The highest BCUT2D eigenvalue weighted by molar-refractivity contribution is 5.81. The number of esters is 1. The third kappa shape index (κ3) is 1.63. The van der Waals surface area contributed by atoms with Gasteiger partial charge in [0, 0.05) is 41.6 Å². The Morgan fingerprint density at radius 1 is 1.31 bits per heavy atom. The summed E-state index contributed by atoms with van der Waals surface area (Å²) in [4.78, 5) is 15.3. The summed E-state index contributed by atoms with van der Waals surface area (Å²) in [5.74, 6) is -0.446. The van der Waals surface area contributed by atoms with Crippen molar-refractivity contribution in [3.05, 3.63) is 29.8 Å². The lowest BCUT2D eigenvalue weighted by Gasteiger charge is -2.62. The third-order valence-corrected chi connectivity index (χ3v) is 8.19. The van der Waals surface area contributed by atoms with Crippen LogP contribution < -0.4 is 5.32 Å². The minimum absolute atomic E-state index is 0.0206. The molecular formula is C21H28N2O3. The number of anilines is 1. The molecule has 2 N–H and O–H groups in total. The van der Waals surface area contributed by atoms with Gasteiger partial charge in [0.1, 0.15) is 0 Å². The van der Waals surface area contributed by atoms with E-state index < -0.39 is 17.0 Å². The van der Waals surface area contributed by atoms with Gasteiger partial charge in [0.05, 0.1) is 7.11 Å². The molecule has 1 unspecified atom stereocenters. The molecule has 5 atom stereocenters. The molecule has 3 aliphatic heterocycles. The lowest BCUT2D eigenvalue weighted by molar-refractivity contribution is -0.213. The summed E-state index contributed by atoms with van der Waals surface area (Å²) in [5.41, 5.74) is 0.748. The number of ether oxygens (including phenoxy) is 1. The van der Waals surface area contributed by atoms with E-state index >= 15 is 0 Å². The van der Waals surface area contributed by atoms with Gasteiger partial charge in [0.15, 0.2) is 5.60 Å². The van der Waals surface area contributed by atoms with Crippen molar-refractivity contribution in [3.63, 3.8) is 0 Å². The van der Waals surface area contributed by atoms with E-state index in [1.54, 1.807) is 0 Å². The molecular weight excluding hydrogens is 328 g/mol. The Balaban J connectivity index is 1.73. The molecule has 26 heavy (non-hydrogen) atoms. The predicted molar refractivity (Wildman–Crippen MR) is 99.0 cm³/mol. The first-order valence-electron chi connectivity index (χ1n) is 9.94. The van der Waals surface area contributed by atoms with Crippen molar-refractivity contribution in [2.75, 3.05) is 25.5 Å². The second kappa shape index (κ2) is 5.23. The highest BCUT2D eigenvalue weighted by atomic mass is 16.5. The van der Waals surface area contributed by atoms with Gasteiger partial charge in [-0.15, -0.1) is 0 Å². The minimum Gasteiger partial charge on any atom is -0.467 e. The topological polar surface area (TPSA) is 61.8 Å². The zero-order valence-electron chi connectivity index (χ0n) is 15.6. The van der Waals surface area contributed by atoms with Gasteiger partial charge < -0.3 is 15.2 Å². The summed E-state index contributed by atoms with van der Waals surface area (Å²) in [6.45, 7) is 3.93. The van der Waals surface area contributed by atoms with Gasteiger partial charge in [-0.05, 0) is 43.9 Å². The Kier molecular flexibility index (Phi) is 3.33. The Bertz CT molecular complexity index is 767. The fraction of sp³-hybridized carbons (Fsp3) is 0.667. The summed E-state index contributed by atoms with van der Waals surface area (Å²) in [6, 6.07) is 9.20. The molecule has 0 bridgehead atoms. The lowest BCUT2D eigenvalue weighted by Crippen LogP contribution is -2.73. The number of hydrogen-bond donors (Lipinski definition) is 2. The largest absolute Gasteiger partial charge is 0.467 e. The van der Waals surface area contributed by atoms with E-state index in [4.69, 9.17) is 4.74 Å². The number of fused-ring (bicyclic) bond motifs is 1.